The Morgan fingerprint density at radius 3 is 3.00 bits per heavy atom. The number of hydrogen-bond acceptors (Lipinski definition) is 4. The molecule has 0 spiro atoms. The van der Waals surface area contributed by atoms with Crippen LogP contribution < -0.4 is 5.32 Å². The van der Waals surface area contributed by atoms with Gasteiger partial charge in [-0.2, -0.15) is 0 Å². The maximum atomic E-state index is 12.4. The molecule has 0 saturated carbocycles. The molecule has 2 N–H and O–H groups in total. The molecule has 0 aliphatic carbocycles. The number of carbonyl (C=O) groups excluding carboxylic acids is 1. The second-order valence-corrected chi connectivity index (χ2v) is 5.79. The highest BCUT2D eigenvalue weighted by molar-refractivity contribution is 5.94. The summed E-state index contributed by atoms with van der Waals surface area (Å²) in [4.78, 5) is 14.0. The molecule has 2 aliphatic rings. The predicted molar refractivity (Wildman–Crippen MR) is 74.3 cm³/mol. The summed E-state index contributed by atoms with van der Waals surface area (Å²) in [6.07, 6.45) is 0.683. The van der Waals surface area contributed by atoms with Crippen LogP contribution in [0.2, 0.25) is 0 Å². The molecule has 20 heavy (non-hydrogen) atoms. The van der Waals surface area contributed by atoms with Gasteiger partial charge >= 0.3 is 0 Å². The van der Waals surface area contributed by atoms with Crippen LogP contribution in [0.5, 0.6) is 0 Å². The second-order valence-electron chi connectivity index (χ2n) is 5.79. The molecule has 1 amide bonds. The smallest absolute Gasteiger partial charge is 0.253 e. The van der Waals surface area contributed by atoms with Gasteiger partial charge in [-0.1, -0.05) is 6.07 Å². The van der Waals surface area contributed by atoms with Gasteiger partial charge in [-0.25, -0.2) is 0 Å². The van der Waals surface area contributed by atoms with Crippen LogP contribution >= 0.6 is 0 Å². The molecule has 1 aromatic carbocycles. The summed E-state index contributed by atoms with van der Waals surface area (Å²) in [5.41, 5.74) is 2.10. The van der Waals surface area contributed by atoms with E-state index in [-0.39, 0.29) is 5.91 Å². The number of likely N-dealkylation sites (N-methyl/N-ethyl adjacent to an activating group) is 1. The van der Waals surface area contributed by atoms with E-state index in [4.69, 9.17) is 4.74 Å². The summed E-state index contributed by atoms with van der Waals surface area (Å²) in [5.74, 6) is -0.0555. The highest BCUT2D eigenvalue weighted by atomic mass is 16.5. The van der Waals surface area contributed by atoms with Gasteiger partial charge in [0.1, 0.15) is 0 Å². The normalized spacial score (nSPS) is 24.7. The number of carbonyl (C=O) groups is 1. The zero-order valence-electron chi connectivity index (χ0n) is 11.7. The van der Waals surface area contributed by atoms with E-state index in [0.717, 1.165) is 17.7 Å². The minimum atomic E-state index is -0.801. The second kappa shape index (κ2) is 5.16. The Hall–Kier alpha value is -1.43. The number of nitrogens with one attached hydrogen (secondary N) is 1. The zero-order valence-corrected chi connectivity index (χ0v) is 11.7. The molecule has 1 unspecified atom stereocenters. The van der Waals surface area contributed by atoms with Gasteiger partial charge in [0.05, 0.1) is 25.4 Å². The minimum Gasteiger partial charge on any atom is -0.387 e. The molecule has 5 nitrogen and oxygen atoms in total. The molecule has 5 heteroatoms. The number of rotatable bonds is 3. The van der Waals surface area contributed by atoms with Crippen LogP contribution in [-0.2, 0) is 18.0 Å². The van der Waals surface area contributed by atoms with Crippen molar-refractivity contribution in [3.8, 4) is 0 Å². The fraction of sp³-hybridized carbons (Fsp3) is 0.533. The summed E-state index contributed by atoms with van der Waals surface area (Å²) in [7, 11) is 1.74. The van der Waals surface area contributed by atoms with E-state index in [1.165, 1.54) is 0 Å². The van der Waals surface area contributed by atoms with Gasteiger partial charge in [0.15, 0.2) is 0 Å². The summed E-state index contributed by atoms with van der Waals surface area (Å²) in [6.45, 7) is 2.91. The number of β-amino-alcohol motifs (C(OH)–C–C–N with tert-alkyl or cyclic N) is 1. The van der Waals surface area contributed by atoms with E-state index in [0.29, 0.717) is 38.3 Å². The van der Waals surface area contributed by atoms with Gasteiger partial charge in [-0.05, 0) is 36.2 Å². The molecule has 3 rings (SSSR count). The average molecular weight is 276 g/mol. The zero-order chi connectivity index (χ0) is 14.2. The number of aliphatic hydroxyl groups is 1. The van der Waals surface area contributed by atoms with Gasteiger partial charge in [-0.15, -0.1) is 0 Å². The van der Waals surface area contributed by atoms with Crippen molar-refractivity contribution in [3.05, 3.63) is 34.9 Å². The van der Waals surface area contributed by atoms with Gasteiger partial charge in [0.25, 0.3) is 5.91 Å². The summed E-state index contributed by atoms with van der Waals surface area (Å²) < 4.78 is 5.36. The Morgan fingerprint density at radius 2 is 2.25 bits per heavy atom. The third-order valence-electron chi connectivity index (χ3n) is 4.07. The number of ether oxygens (including phenoxy) is 1. The van der Waals surface area contributed by atoms with Crippen molar-refractivity contribution in [1.29, 1.82) is 0 Å². The lowest BCUT2D eigenvalue weighted by Gasteiger charge is -2.28. The molecule has 1 fully saturated rings. The third-order valence-corrected chi connectivity index (χ3v) is 4.07. The van der Waals surface area contributed by atoms with Crippen LogP contribution in [0.4, 0.5) is 0 Å². The molecular formula is C15H20N2O3. The average Bonchev–Trinajstić information content (AvgIpc) is 3.05. The van der Waals surface area contributed by atoms with Crippen LogP contribution in [0, 0.1) is 0 Å². The van der Waals surface area contributed by atoms with E-state index in [9.17, 15) is 9.90 Å². The van der Waals surface area contributed by atoms with E-state index < -0.39 is 5.60 Å². The fourth-order valence-corrected chi connectivity index (χ4v) is 2.90. The standard InChI is InChI=1S/C15H20N2O3/c1-17(10-15(19)4-5-16-9-15)14(18)11-2-3-12-7-20-8-13(12)6-11/h2-3,6,16,19H,4-5,7-10H2,1H3. The first-order valence-corrected chi connectivity index (χ1v) is 6.96. The van der Waals surface area contributed by atoms with Crippen molar-refractivity contribution in [2.75, 3.05) is 26.7 Å². The Balaban J connectivity index is 1.71. The first kappa shape index (κ1) is 13.5. The van der Waals surface area contributed by atoms with Crippen LogP contribution in [0.1, 0.15) is 27.9 Å². The molecule has 0 radical (unpaired) electrons. The first-order chi connectivity index (χ1) is 9.57. The lowest BCUT2D eigenvalue weighted by molar-refractivity contribution is 0.0252. The van der Waals surface area contributed by atoms with Gasteiger partial charge in [-0.3, -0.25) is 4.79 Å². The van der Waals surface area contributed by atoms with Crippen molar-refractivity contribution in [2.45, 2.75) is 25.2 Å². The van der Waals surface area contributed by atoms with Crippen LogP contribution in [0.25, 0.3) is 0 Å². The largest absolute Gasteiger partial charge is 0.387 e. The summed E-state index contributed by atoms with van der Waals surface area (Å²) in [6, 6.07) is 5.69. The lowest BCUT2D eigenvalue weighted by Crippen LogP contribution is -2.45. The molecule has 1 atom stereocenters. The minimum absolute atomic E-state index is 0.0555. The van der Waals surface area contributed by atoms with Crippen molar-refractivity contribution in [1.82, 2.24) is 10.2 Å². The van der Waals surface area contributed by atoms with Gasteiger partial charge in [0.2, 0.25) is 0 Å². The number of benzene rings is 1. The lowest BCUT2D eigenvalue weighted by atomic mass is 10.0. The quantitative estimate of drug-likeness (QED) is 0.844. The first-order valence-electron chi connectivity index (χ1n) is 6.96. The highest BCUT2D eigenvalue weighted by Gasteiger charge is 2.33. The number of fused-ring (bicyclic) bond motifs is 1. The van der Waals surface area contributed by atoms with Crippen LogP contribution in [-0.4, -0.2) is 48.2 Å². The predicted octanol–water partition coefficient (Wildman–Crippen LogP) is 0.513. The Morgan fingerprint density at radius 1 is 1.45 bits per heavy atom. The third kappa shape index (κ3) is 2.57. The summed E-state index contributed by atoms with van der Waals surface area (Å²) in [5, 5.41) is 13.5. The molecule has 108 valence electrons. The number of amides is 1. The summed E-state index contributed by atoms with van der Waals surface area (Å²) >= 11 is 0. The molecule has 2 aliphatic heterocycles. The monoisotopic (exact) mass is 276 g/mol. The van der Waals surface area contributed by atoms with E-state index in [2.05, 4.69) is 5.32 Å². The number of hydrogen-bond donors (Lipinski definition) is 2. The molecule has 1 aromatic rings. The molecule has 2 heterocycles. The van der Waals surface area contributed by atoms with E-state index >= 15 is 0 Å². The number of nitrogens with zero attached hydrogens (tertiary/aromatic N) is 1. The van der Waals surface area contributed by atoms with Crippen LogP contribution in [0.3, 0.4) is 0 Å². The van der Waals surface area contributed by atoms with E-state index in [1.54, 1.807) is 11.9 Å². The molecule has 0 aromatic heterocycles. The maximum Gasteiger partial charge on any atom is 0.253 e. The van der Waals surface area contributed by atoms with Crippen molar-refractivity contribution < 1.29 is 14.6 Å². The van der Waals surface area contributed by atoms with Gasteiger partial charge < -0.3 is 20.1 Å². The maximum absolute atomic E-state index is 12.4. The van der Waals surface area contributed by atoms with Gasteiger partial charge in [0, 0.05) is 19.2 Å². The molecular weight excluding hydrogens is 256 g/mol. The Labute approximate surface area is 118 Å². The van der Waals surface area contributed by atoms with Crippen molar-refractivity contribution >= 4 is 5.91 Å². The van der Waals surface area contributed by atoms with Crippen molar-refractivity contribution in [3.63, 3.8) is 0 Å². The van der Waals surface area contributed by atoms with Crippen molar-refractivity contribution in [2.24, 2.45) is 0 Å². The molecule has 1 saturated heterocycles. The SMILES string of the molecule is CN(CC1(O)CCNC1)C(=O)c1ccc2c(c1)COC2. The van der Waals surface area contributed by atoms with E-state index in [1.807, 2.05) is 18.2 Å². The molecule has 0 bridgehead atoms. The highest BCUT2D eigenvalue weighted by Crippen LogP contribution is 2.22. The topological polar surface area (TPSA) is 61.8 Å². The van der Waals surface area contributed by atoms with Crippen LogP contribution in [0.15, 0.2) is 18.2 Å². The Bertz CT molecular complexity index is 524. The fourth-order valence-electron chi connectivity index (χ4n) is 2.90. The Kier molecular flexibility index (Phi) is 3.50.